The summed E-state index contributed by atoms with van der Waals surface area (Å²) in [6.45, 7) is 3.40. The van der Waals surface area contributed by atoms with Crippen molar-refractivity contribution in [1.29, 1.82) is 0 Å². The molecule has 0 radical (unpaired) electrons. The highest BCUT2D eigenvalue weighted by molar-refractivity contribution is 5.73. The van der Waals surface area contributed by atoms with Gasteiger partial charge in [-0.3, -0.25) is 14.3 Å². The second-order valence-electron chi connectivity index (χ2n) is 7.90. The van der Waals surface area contributed by atoms with Crippen LogP contribution in [0.1, 0.15) is 18.9 Å². The van der Waals surface area contributed by atoms with Crippen molar-refractivity contribution in [1.82, 2.24) is 19.5 Å². The number of para-hydroxylation sites is 1. The van der Waals surface area contributed by atoms with Crippen LogP contribution in [0.2, 0.25) is 0 Å². The Morgan fingerprint density at radius 2 is 1.88 bits per heavy atom. The van der Waals surface area contributed by atoms with Crippen LogP contribution in [0.15, 0.2) is 71.7 Å². The zero-order valence-corrected chi connectivity index (χ0v) is 18.4. The largest absolute Gasteiger partial charge is 0.397 e. The van der Waals surface area contributed by atoms with E-state index < -0.39 is 0 Å². The molecule has 8 nitrogen and oxygen atoms in total. The van der Waals surface area contributed by atoms with Gasteiger partial charge in [-0.25, -0.2) is 9.97 Å². The van der Waals surface area contributed by atoms with Gasteiger partial charge in [0.2, 0.25) is 11.9 Å². The van der Waals surface area contributed by atoms with Gasteiger partial charge in [0.15, 0.2) is 0 Å². The summed E-state index contributed by atoms with van der Waals surface area (Å²) in [6, 6.07) is 19.0. The van der Waals surface area contributed by atoms with Crippen molar-refractivity contribution in [3.8, 4) is 11.3 Å². The molecule has 2 aromatic carbocycles. The van der Waals surface area contributed by atoms with Crippen LogP contribution in [0, 0.1) is 0 Å². The molecule has 0 aliphatic carbocycles. The minimum absolute atomic E-state index is 0.0693. The highest BCUT2D eigenvalue weighted by Gasteiger charge is 2.23. The van der Waals surface area contributed by atoms with E-state index in [0.717, 1.165) is 29.7 Å². The van der Waals surface area contributed by atoms with Crippen molar-refractivity contribution in [2.24, 2.45) is 0 Å². The minimum Gasteiger partial charge on any atom is -0.397 e. The molecule has 5 rings (SSSR count). The Morgan fingerprint density at radius 3 is 2.70 bits per heavy atom. The third-order valence-electron chi connectivity index (χ3n) is 5.80. The highest BCUT2D eigenvalue weighted by Crippen LogP contribution is 2.29. The highest BCUT2D eigenvalue weighted by atomic mass is 16.1. The lowest BCUT2D eigenvalue weighted by molar-refractivity contribution is 0.561. The monoisotopic (exact) mass is 439 g/mol. The number of nitrogens with one attached hydrogen (secondary N) is 1. The van der Waals surface area contributed by atoms with E-state index in [1.807, 2.05) is 59.5 Å². The molecule has 4 aromatic rings. The Balaban J connectivity index is 1.52. The van der Waals surface area contributed by atoms with Crippen molar-refractivity contribution in [3.05, 3.63) is 82.8 Å². The van der Waals surface area contributed by atoms with E-state index in [0.29, 0.717) is 42.2 Å². The molecular weight excluding hydrogens is 414 g/mol. The fraction of sp³-hybridized carbons (Fsp3) is 0.200. The predicted molar refractivity (Wildman–Crippen MR) is 131 cm³/mol. The number of benzene rings is 2. The standard InChI is InChI=1S/C25H25N7O/c1-2-17-10-6-11-19(23(17)26)28-24-27-13-12-21(30-24)31-14-7-15-32-22(33)16-20(29-25(31)32)18-8-4-3-5-9-18/h3-6,8-13,16H,2,7,14-15,26H2,1H3,(H,27,28,30). The number of aromatic nitrogens is 4. The third-order valence-corrected chi connectivity index (χ3v) is 5.80. The van der Waals surface area contributed by atoms with Gasteiger partial charge in [0.25, 0.3) is 5.56 Å². The molecule has 0 amide bonds. The lowest BCUT2D eigenvalue weighted by atomic mass is 10.1. The summed E-state index contributed by atoms with van der Waals surface area (Å²) in [5.41, 5.74) is 10.3. The smallest absolute Gasteiger partial charge is 0.255 e. The number of hydrogen-bond donors (Lipinski definition) is 2. The van der Waals surface area contributed by atoms with Crippen LogP contribution in [-0.2, 0) is 13.0 Å². The number of rotatable bonds is 5. The average Bonchev–Trinajstić information content (AvgIpc) is 2.86. The summed E-state index contributed by atoms with van der Waals surface area (Å²) < 4.78 is 1.70. The molecular formula is C25H25N7O. The number of nitrogen functional groups attached to an aromatic ring is 1. The van der Waals surface area contributed by atoms with Crippen molar-refractivity contribution in [2.75, 3.05) is 22.5 Å². The fourth-order valence-electron chi connectivity index (χ4n) is 4.08. The summed E-state index contributed by atoms with van der Waals surface area (Å²) in [7, 11) is 0. The molecule has 0 atom stereocenters. The molecule has 8 heteroatoms. The normalized spacial score (nSPS) is 12.9. The van der Waals surface area contributed by atoms with E-state index >= 15 is 0 Å². The maximum absolute atomic E-state index is 12.9. The number of hydrogen-bond acceptors (Lipinski definition) is 7. The van der Waals surface area contributed by atoms with E-state index in [9.17, 15) is 4.79 Å². The minimum atomic E-state index is -0.0693. The van der Waals surface area contributed by atoms with Crippen molar-refractivity contribution < 1.29 is 0 Å². The molecule has 3 heterocycles. The number of nitrogens with zero attached hydrogens (tertiary/aromatic N) is 5. The molecule has 0 fully saturated rings. The maximum atomic E-state index is 12.9. The Hall–Kier alpha value is -4.20. The molecule has 0 bridgehead atoms. The first-order chi connectivity index (χ1) is 16.1. The van der Waals surface area contributed by atoms with Gasteiger partial charge in [-0.2, -0.15) is 4.98 Å². The average molecular weight is 440 g/mol. The zero-order valence-electron chi connectivity index (χ0n) is 18.4. The molecule has 0 spiro atoms. The van der Waals surface area contributed by atoms with Gasteiger partial charge in [0.1, 0.15) is 5.82 Å². The van der Waals surface area contributed by atoms with Crippen LogP contribution >= 0.6 is 0 Å². The van der Waals surface area contributed by atoms with Gasteiger partial charge in [0.05, 0.1) is 17.1 Å². The Labute approximate surface area is 191 Å². The summed E-state index contributed by atoms with van der Waals surface area (Å²) in [4.78, 5) is 28.8. The topological polar surface area (TPSA) is 102 Å². The summed E-state index contributed by atoms with van der Waals surface area (Å²) in [5, 5.41) is 3.24. The second-order valence-corrected chi connectivity index (χ2v) is 7.90. The Morgan fingerprint density at radius 1 is 1.03 bits per heavy atom. The molecule has 0 saturated carbocycles. The number of anilines is 5. The van der Waals surface area contributed by atoms with Crippen molar-refractivity contribution >= 4 is 29.1 Å². The molecule has 166 valence electrons. The second kappa shape index (κ2) is 8.74. The first-order valence-electron chi connectivity index (χ1n) is 11.1. The van der Waals surface area contributed by atoms with Gasteiger partial charge in [-0.15, -0.1) is 0 Å². The lowest BCUT2D eigenvalue weighted by Gasteiger charge is -2.30. The van der Waals surface area contributed by atoms with Crippen LogP contribution in [0.25, 0.3) is 11.3 Å². The van der Waals surface area contributed by atoms with Crippen molar-refractivity contribution in [2.45, 2.75) is 26.3 Å². The first-order valence-corrected chi connectivity index (χ1v) is 11.1. The molecule has 0 unspecified atom stereocenters. The van der Waals surface area contributed by atoms with Gasteiger partial charge in [-0.05, 0) is 30.5 Å². The lowest BCUT2D eigenvalue weighted by Crippen LogP contribution is -2.36. The van der Waals surface area contributed by atoms with Crippen LogP contribution in [0.3, 0.4) is 0 Å². The van der Waals surface area contributed by atoms with Crippen molar-refractivity contribution in [3.63, 3.8) is 0 Å². The summed E-state index contributed by atoms with van der Waals surface area (Å²) in [6.07, 6.45) is 3.36. The van der Waals surface area contributed by atoms with Crippen LogP contribution in [0.5, 0.6) is 0 Å². The van der Waals surface area contributed by atoms with Gasteiger partial charge < -0.3 is 11.1 Å². The SMILES string of the molecule is CCc1cccc(Nc2nccc(N3CCCn4c3nc(-c3ccccc3)cc4=O)n2)c1N. The van der Waals surface area contributed by atoms with E-state index in [-0.39, 0.29) is 5.56 Å². The Bertz CT molecular complexity index is 1350. The fourth-order valence-corrected chi connectivity index (χ4v) is 4.08. The summed E-state index contributed by atoms with van der Waals surface area (Å²) in [5.74, 6) is 1.69. The van der Waals surface area contributed by atoms with Gasteiger partial charge in [-0.1, -0.05) is 49.4 Å². The number of nitrogens with two attached hydrogens (primary N) is 1. The molecule has 3 N–H and O–H groups in total. The van der Waals surface area contributed by atoms with E-state index in [2.05, 4.69) is 17.2 Å². The van der Waals surface area contributed by atoms with Crippen LogP contribution in [0.4, 0.5) is 29.1 Å². The van der Waals surface area contributed by atoms with Gasteiger partial charge >= 0.3 is 0 Å². The molecule has 0 saturated heterocycles. The zero-order chi connectivity index (χ0) is 22.8. The first kappa shape index (κ1) is 20.7. The van der Waals surface area contributed by atoms with Crippen LogP contribution in [-0.4, -0.2) is 26.1 Å². The number of aryl methyl sites for hydroxylation is 1. The molecule has 1 aliphatic rings. The Kier molecular flexibility index (Phi) is 5.48. The van der Waals surface area contributed by atoms with E-state index in [1.165, 1.54) is 0 Å². The summed E-state index contributed by atoms with van der Waals surface area (Å²) >= 11 is 0. The number of fused-ring (bicyclic) bond motifs is 1. The maximum Gasteiger partial charge on any atom is 0.255 e. The van der Waals surface area contributed by atoms with E-state index in [1.54, 1.807) is 16.8 Å². The van der Waals surface area contributed by atoms with Gasteiger partial charge in [0, 0.05) is 30.9 Å². The van der Waals surface area contributed by atoms with E-state index in [4.69, 9.17) is 15.7 Å². The molecule has 1 aliphatic heterocycles. The quantitative estimate of drug-likeness (QED) is 0.451. The third kappa shape index (κ3) is 4.03. The molecule has 2 aromatic heterocycles. The predicted octanol–water partition coefficient (Wildman–Crippen LogP) is 4.13. The molecule has 33 heavy (non-hydrogen) atoms. The van der Waals surface area contributed by atoms with Crippen LogP contribution < -0.4 is 21.5 Å².